The van der Waals surface area contributed by atoms with E-state index in [2.05, 4.69) is 5.32 Å². The Bertz CT molecular complexity index is 1560. The number of imide groups is 1. The lowest BCUT2D eigenvalue weighted by Crippen LogP contribution is -2.31. The number of amides is 2. The number of fused-ring (bicyclic) bond motifs is 1. The fourth-order valence-electron chi connectivity index (χ4n) is 4.63. The van der Waals surface area contributed by atoms with Crippen molar-refractivity contribution in [1.82, 2.24) is 0 Å². The highest BCUT2D eigenvalue weighted by molar-refractivity contribution is 6.44. The van der Waals surface area contributed by atoms with Crippen LogP contribution in [0.4, 0.5) is 11.4 Å². The van der Waals surface area contributed by atoms with Gasteiger partial charge in [-0.25, -0.2) is 14.5 Å². The van der Waals surface area contributed by atoms with Gasteiger partial charge in [0.2, 0.25) is 5.91 Å². The third-order valence-electron chi connectivity index (χ3n) is 6.42. The summed E-state index contributed by atoms with van der Waals surface area (Å²) in [5, 5.41) is 3.37. The molecule has 4 rings (SSSR count). The van der Waals surface area contributed by atoms with Crippen LogP contribution in [0.25, 0.3) is 11.3 Å². The largest absolute Gasteiger partial charge is 0.465 e. The number of ether oxygens (including phenoxy) is 2. The molecule has 8 nitrogen and oxygen atoms in total. The fraction of sp³-hybridized carbons (Fsp3) is 0.250. The topological polar surface area (TPSA) is 102 Å². The highest BCUT2D eigenvalue weighted by atomic mass is 16.6. The van der Waals surface area contributed by atoms with Gasteiger partial charge in [0.25, 0.3) is 5.91 Å². The molecule has 1 N–H and O–H groups in total. The third-order valence-corrected chi connectivity index (χ3v) is 6.42. The van der Waals surface area contributed by atoms with E-state index in [-0.39, 0.29) is 11.1 Å². The van der Waals surface area contributed by atoms with Crippen molar-refractivity contribution >= 4 is 46.4 Å². The maximum Gasteiger partial charge on any atom is 0.338 e. The fourth-order valence-corrected chi connectivity index (χ4v) is 4.63. The minimum Gasteiger partial charge on any atom is -0.465 e. The quantitative estimate of drug-likeness (QED) is 0.317. The number of benzene rings is 3. The molecule has 1 aliphatic rings. The van der Waals surface area contributed by atoms with Gasteiger partial charge >= 0.3 is 11.9 Å². The molecule has 2 amide bonds. The van der Waals surface area contributed by atoms with Crippen molar-refractivity contribution in [3.8, 4) is 0 Å². The number of nitrogens with zero attached hydrogens (tertiary/aromatic N) is 1. The summed E-state index contributed by atoms with van der Waals surface area (Å²) in [5.74, 6) is -1.98. The number of nitrogens with one attached hydrogen (secondary N) is 1. The van der Waals surface area contributed by atoms with Crippen molar-refractivity contribution in [2.24, 2.45) is 0 Å². The van der Waals surface area contributed by atoms with Crippen molar-refractivity contribution < 1.29 is 28.7 Å². The van der Waals surface area contributed by atoms with E-state index < -0.39 is 29.4 Å². The first-order valence-corrected chi connectivity index (χ1v) is 12.8. The molecule has 0 fully saturated rings. The Balaban J connectivity index is 1.89. The van der Waals surface area contributed by atoms with Gasteiger partial charge in [0.1, 0.15) is 5.60 Å². The molecule has 3 aromatic rings. The van der Waals surface area contributed by atoms with Gasteiger partial charge in [0, 0.05) is 18.2 Å². The Morgan fingerprint density at radius 2 is 1.50 bits per heavy atom. The summed E-state index contributed by atoms with van der Waals surface area (Å²) in [6.45, 7) is 10.3. The van der Waals surface area contributed by atoms with Crippen molar-refractivity contribution in [2.75, 3.05) is 17.3 Å². The van der Waals surface area contributed by atoms with Crippen LogP contribution in [0.15, 0.2) is 60.7 Å². The van der Waals surface area contributed by atoms with Crippen LogP contribution in [0.2, 0.25) is 0 Å². The molecule has 40 heavy (non-hydrogen) atoms. The monoisotopic (exact) mass is 540 g/mol. The number of rotatable bonds is 5. The molecule has 1 heterocycles. The van der Waals surface area contributed by atoms with E-state index in [1.807, 2.05) is 58.0 Å². The molecule has 3 aromatic carbocycles. The van der Waals surface area contributed by atoms with Crippen LogP contribution in [0.1, 0.15) is 70.7 Å². The Hall–Kier alpha value is -4.72. The maximum atomic E-state index is 13.8. The molecule has 206 valence electrons. The predicted molar refractivity (Wildman–Crippen MR) is 154 cm³/mol. The van der Waals surface area contributed by atoms with Crippen molar-refractivity contribution in [2.45, 2.75) is 47.1 Å². The molecular formula is C32H32N2O6. The molecule has 0 aliphatic carbocycles. The summed E-state index contributed by atoms with van der Waals surface area (Å²) in [6.07, 6.45) is 0. The molecule has 0 radical (unpaired) electrons. The van der Waals surface area contributed by atoms with E-state index in [1.54, 1.807) is 31.2 Å². The van der Waals surface area contributed by atoms with Crippen molar-refractivity contribution in [3.05, 3.63) is 94.0 Å². The summed E-state index contributed by atoms with van der Waals surface area (Å²) in [6, 6.07) is 17.7. The minimum atomic E-state index is -0.629. The molecule has 8 heteroatoms. The second kappa shape index (κ2) is 10.8. The summed E-state index contributed by atoms with van der Waals surface area (Å²) in [7, 11) is 1.28. The first-order valence-electron chi connectivity index (χ1n) is 12.8. The third kappa shape index (κ3) is 5.52. The zero-order valence-electron chi connectivity index (χ0n) is 23.7. The number of methoxy groups -OCH3 is 1. The van der Waals surface area contributed by atoms with E-state index in [0.29, 0.717) is 44.9 Å². The number of hydrogen-bond donors (Lipinski definition) is 1. The second-order valence-corrected chi connectivity index (χ2v) is 10.6. The zero-order chi connectivity index (χ0) is 29.4. The lowest BCUT2D eigenvalue weighted by atomic mass is 9.96. The number of aryl methyl sites for hydroxylation is 2. The maximum absolute atomic E-state index is 13.8. The predicted octanol–water partition coefficient (Wildman–Crippen LogP) is 5.92. The van der Waals surface area contributed by atoms with Crippen LogP contribution in [0.5, 0.6) is 0 Å². The molecule has 0 aromatic heterocycles. The summed E-state index contributed by atoms with van der Waals surface area (Å²) >= 11 is 0. The number of carbonyl (C=O) groups is 4. The minimum absolute atomic E-state index is 0.268. The van der Waals surface area contributed by atoms with E-state index in [1.165, 1.54) is 20.1 Å². The van der Waals surface area contributed by atoms with Crippen LogP contribution >= 0.6 is 0 Å². The Kier molecular flexibility index (Phi) is 7.64. The molecule has 0 saturated carbocycles. The first kappa shape index (κ1) is 28.3. The molecule has 0 saturated heterocycles. The second-order valence-electron chi connectivity index (χ2n) is 10.6. The van der Waals surface area contributed by atoms with Crippen LogP contribution in [0, 0.1) is 13.8 Å². The van der Waals surface area contributed by atoms with E-state index in [0.717, 1.165) is 4.90 Å². The molecule has 0 spiro atoms. The Morgan fingerprint density at radius 3 is 2.08 bits per heavy atom. The molecule has 1 aliphatic heterocycles. The highest BCUT2D eigenvalue weighted by Crippen LogP contribution is 2.43. The van der Waals surface area contributed by atoms with Gasteiger partial charge in [0.15, 0.2) is 0 Å². The standard InChI is InChI=1S/C32H32N2O6/c1-18-15-22(13-14-23(18)31(38)40-32(4,5)6)33-28(21-11-9-8-10-12-21)27-25-16-19(2)24(30(37)39-7)17-26(25)34(20(3)35)29(27)36/h8-17,33H,1-7H3. The summed E-state index contributed by atoms with van der Waals surface area (Å²) in [4.78, 5) is 52.7. The number of hydrogen-bond acceptors (Lipinski definition) is 7. The van der Waals surface area contributed by atoms with Gasteiger partial charge in [-0.05, 0) is 81.6 Å². The van der Waals surface area contributed by atoms with Crippen molar-refractivity contribution in [1.29, 1.82) is 0 Å². The van der Waals surface area contributed by atoms with Crippen molar-refractivity contribution in [3.63, 3.8) is 0 Å². The summed E-state index contributed by atoms with van der Waals surface area (Å²) < 4.78 is 10.4. The van der Waals surface area contributed by atoms with Gasteiger partial charge < -0.3 is 14.8 Å². The Morgan fingerprint density at radius 1 is 0.850 bits per heavy atom. The average Bonchev–Trinajstić information content (AvgIpc) is 3.16. The normalized spacial score (nSPS) is 14.0. The van der Waals surface area contributed by atoms with Crippen LogP contribution in [-0.4, -0.2) is 36.5 Å². The SMILES string of the molecule is COC(=O)c1cc2c(cc1C)C(=C(Nc1ccc(C(=O)OC(C)(C)C)c(C)c1)c1ccccc1)C(=O)N2C(C)=O. The van der Waals surface area contributed by atoms with Gasteiger partial charge in [-0.1, -0.05) is 30.3 Å². The van der Waals surface area contributed by atoms with Crippen LogP contribution in [-0.2, 0) is 19.1 Å². The van der Waals surface area contributed by atoms with Crippen LogP contribution in [0.3, 0.4) is 0 Å². The van der Waals surface area contributed by atoms with Crippen LogP contribution < -0.4 is 10.2 Å². The number of esters is 2. The summed E-state index contributed by atoms with van der Waals surface area (Å²) in [5.41, 5.74) is 4.30. The number of anilines is 2. The van der Waals surface area contributed by atoms with E-state index >= 15 is 0 Å². The molecule has 0 bridgehead atoms. The first-order chi connectivity index (χ1) is 18.8. The van der Waals surface area contributed by atoms with Gasteiger partial charge in [-0.2, -0.15) is 0 Å². The molecule has 0 unspecified atom stereocenters. The number of carbonyl (C=O) groups excluding carboxylic acids is 4. The Labute approximate surface area is 233 Å². The zero-order valence-corrected chi connectivity index (χ0v) is 23.7. The molecular weight excluding hydrogens is 508 g/mol. The van der Waals surface area contributed by atoms with Gasteiger partial charge in [0.05, 0.1) is 35.2 Å². The van der Waals surface area contributed by atoms with E-state index in [4.69, 9.17) is 9.47 Å². The average molecular weight is 541 g/mol. The lowest BCUT2D eigenvalue weighted by molar-refractivity contribution is -0.122. The highest BCUT2D eigenvalue weighted by Gasteiger charge is 2.39. The van der Waals surface area contributed by atoms with Gasteiger partial charge in [-0.15, -0.1) is 0 Å². The van der Waals surface area contributed by atoms with Gasteiger partial charge in [-0.3, -0.25) is 9.59 Å². The smallest absolute Gasteiger partial charge is 0.338 e. The molecule has 0 atom stereocenters. The lowest BCUT2D eigenvalue weighted by Gasteiger charge is -2.21. The van der Waals surface area contributed by atoms with E-state index in [9.17, 15) is 19.2 Å².